The summed E-state index contributed by atoms with van der Waals surface area (Å²) in [6.45, 7) is 8.08. The Hall–Kier alpha value is -1.63. The van der Waals surface area contributed by atoms with Gasteiger partial charge in [0.25, 0.3) is 0 Å². The van der Waals surface area contributed by atoms with Crippen molar-refractivity contribution in [3.63, 3.8) is 0 Å². The van der Waals surface area contributed by atoms with Gasteiger partial charge in [0.1, 0.15) is 0 Å². The predicted octanol–water partition coefficient (Wildman–Crippen LogP) is 4.69. The number of benzene rings is 1. The molecule has 0 amide bonds. The van der Waals surface area contributed by atoms with Gasteiger partial charge >= 0.3 is 13.1 Å². The third kappa shape index (κ3) is 3.73. The van der Waals surface area contributed by atoms with Crippen LogP contribution in [0.4, 0.5) is 0 Å². The molecule has 1 atom stereocenters. The third-order valence-electron chi connectivity index (χ3n) is 5.31. The van der Waals surface area contributed by atoms with Gasteiger partial charge in [-0.2, -0.15) is 0 Å². The zero-order valence-electron chi connectivity index (χ0n) is 15.9. The lowest BCUT2D eigenvalue weighted by Gasteiger charge is -2.32. The fourth-order valence-corrected chi connectivity index (χ4v) is 4.01. The van der Waals surface area contributed by atoms with E-state index in [-0.39, 0.29) is 18.2 Å². The molecule has 4 nitrogen and oxygen atoms in total. The van der Waals surface area contributed by atoms with Crippen LogP contribution >= 0.6 is 11.3 Å². The number of rotatable bonds is 5. The van der Waals surface area contributed by atoms with Crippen LogP contribution in [0, 0.1) is 0 Å². The summed E-state index contributed by atoms with van der Waals surface area (Å²) in [5, 5.41) is 2.11. The molecule has 1 aliphatic heterocycles. The van der Waals surface area contributed by atoms with Crippen molar-refractivity contribution in [2.75, 3.05) is 7.11 Å². The summed E-state index contributed by atoms with van der Waals surface area (Å²) in [5.74, 6) is -0.467. The number of esters is 1. The SMILES string of the molecule is COC(=O)CC(B1OC(C)(C)C(C)(C)O1)c1cc(-c2ccccc2)cs1. The summed E-state index contributed by atoms with van der Waals surface area (Å²) < 4.78 is 17.3. The average molecular weight is 372 g/mol. The minimum Gasteiger partial charge on any atom is -0.469 e. The van der Waals surface area contributed by atoms with E-state index in [1.54, 1.807) is 11.3 Å². The van der Waals surface area contributed by atoms with Gasteiger partial charge in [0.15, 0.2) is 0 Å². The predicted molar refractivity (Wildman–Crippen MR) is 105 cm³/mol. The fraction of sp³-hybridized carbons (Fsp3) is 0.450. The molecule has 1 saturated heterocycles. The van der Waals surface area contributed by atoms with Crippen molar-refractivity contribution >= 4 is 24.4 Å². The summed E-state index contributed by atoms with van der Waals surface area (Å²) in [5.41, 5.74) is 1.41. The second-order valence-electron chi connectivity index (χ2n) is 7.62. The quantitative estimate of drug-likeness (QED) is 0.564. The molecule has 0 spiro atoms. The summed E-state index contributed by atoms with van der Waals surface area (Å²) in [4.78, 5) is 13.1. The van der Waals surface area contributed by atoms with E-state index in [0.29, 0.717) is 0 Å². The first kappa shape index (κ1) is 19.1. The van der Waals surface area contributed by atoms with Gasteiger partial charge in [-0.05, 0) is 50.3 Å². The molecule has 0 saturated carbocycles. The zero-order chi connectivity index (χ0) is 18.9. The van der Waals surface area contributed by atoms with Crippen LogP contribution in [0.1, 0.15) is 44.8 Å². The van der Waals surface area contributed by atoms with E-state index in [4.69, 9.17) is 14.0 Å². The maximum Gasteiger partial charge on any atom is 0.467 e. The Labute approximate surface area is 159 Å². The van der Waals surface area contributed by atoms with E-state index in [9.17, 15) is 4.79 Å². The Balaban J connectivity index is 1.90. The molecule has 1 aromatic heterocycles. The Morgan fingerprint density at radius 2 is 1.73 bits per heavy atom. The molecule has 6 heteroatoms. The van der Waals surface area contributed by atoms with Crippen molar-refractivity contribution in [2.24, 2.45) is 0 Å². The first-order chi connectivity index (χ1) is 12.2. The number of hydrogen-bond donors (Lipinski definition) is 0. The van der Waals surface area contributed by atoms with Gasteiger partial charge in [0, 0.05) is 10.7 Å². The molecule has 0 radical (unpaired) electrons. The topological polar surface area (TPSA) is 44.8 Å². The lowest BCUT2D eigenvalue weighted by atomic mass is 9.69. The molecule has 3 rings (SSSR count). The molecule has 2 aromatic rings. The minimum atomic E-state index is -0.485. The Kier molecular flexibility index (Phi) is 5.29. The normalized spacial score (nSPS) is 19.3. The first-order valence-corrected chi connectivity index (χ1v) is 9.68. The van der Waals surface area contributed by atoms with Gasteiger partial charge in [0.2, 0.25) is 0 Å². The molecule has 2 heterocycles. The van der Waals surface area contributed by atoms with E-state index in [1.807, 2.05) is 45.9 Å². The number of ether oxygens (including phenoxy) is 1. The summed E-state index contributed by atoms with van der Waals surface area (Å²) in [6.07, 6.45) is 0.224. The number of methoxy groups -OCH3 is 1. The largest absolute Gasteiger partial charge is 0.469 e. The zero-order valence-corrected chi connectivity index (χ0v) is 16.8. The molecular weight excluding hydrogens is 347 g/mol. The lowest BCUT2D eigenvalue weighted by Crippen LogP contribution is -2.41. The summed E-state index contributed by atoms with van der Waals surface area (Å²) in [7, 11) is 0.925. The van der Waals surface area contributed by atoms with E-state index < -0.39 is 18.3 Å². The van der Waals surface area contributed by atoms with Crippen LogP contribution in [0.5, 0.6) is 0 Å². The van der Waals surface area contributed by atoms with Gasteiger partial charge in [-0.1, -0.05) is 30.3 Å². The molecule has 0 N–H and O–H groups in total. The number of thiophene rings is 1. The van der Waals surface area contributed by atoms with Crippen LogP contribution in [0.25, 0.3) is 11.1 Å². The monoisotopic (exact) mass is 372 g/mol. The standard InChI is InChI=1S/C20H25BO4S/c1-19(2)20(3,4)25-21(24-19)16(12-18(22)23-5)17-11-15(13-26-17)14-9-7-6-8-10-14/h6-11,13,16H,12H2,1-5H3. The highest BCUT2D eigenvalue weighted by molar-refractivity contribution is 7.10. The molecule has 1 aliphatic rings. The van der Waals surface area contributed by atoms with E-state index in [1.165, 1.54) is 7.11 Å². The van der Waals surface area contributed by atoms with Crippen LogP contribution in [0.3, 0.4) is 0 Å². The van der Waals surface area contributed by atoms with E-state index in [2.05, 4.69) is 23.6 Å². The Bertz CT molecular complexity index is 753. The van der Waals surface area contributed by atoms with Gasteiger partial charge in [-0.3, -0.25) is 4.79 Å². The molecule has 0 bridgehead atoms. The van der Waals surface area contributed by atoms with Crippen molar-refractivity contribution < 1.29 is 18.8 Å². The Morgan fingerprint density at radius 1 is 1.12 bits per heavy atom. The van der Waals surface area contributed by atoms with Gasteiger partial charge in [0.05, 0.1) is 24.7 Å². The highest BCUT2D eigenvalue weighted by Crippen LogP contribution is 2.43. The number of carbonyl (C=O) groups excluding carboxylic acids is 1. The van der Waals surface area contributed by atoms with Crippen molar-refractivity contribution in [1.82, 2.24) is 0 Å². The van der Waals surface area contributed by atoms with Crippen molar-refractivity contribution in [2.45, 2.75) is 51.1 Å². The van der Waals surface area contributed by atoms with Crippen LogP contribution in [0.2, 0.25) is 0 Å². The second kappa shape index (κ2) is 7.18. The highest BCUT2D eigenvalue weighted by Gasteiger charge is 2.54. The molecular formula is C20H25BO4S. The van der Waals surface area contributed by atoms with Gasteiger partial charge < -0.3 is 14.0 Å². The fourth-order valence-electron chi connectivity index (χ4n) is 2.98. The minimum absolute atomic E-state index is 0.203. The van der Waals surface area contributed by atoms with E-state index >= 15 is 0 Å². The maximum absolute atomic E-state index is 12.0. The van der Waals surface area contributed by atoms with E-state index in [0.717, 1.165) is 16.0 Å². The lowest BCUT2D eigenvalue weighted by molar-refractivity contribution is -0.140. The van der Waals surface area contributed by atoms with Crippen molar-refractivity contribution in [3.05, 3.63) is 46.7 Å². The van der Waals surface area contributed by atoms with Crippen LogP contribution < -0.4 is 0 Å². The van der Waals surface area contributed by atoms with Gasteiger partial charge in [-0.15, -0.1) is 11.3 Å². The molecule has 1 unspecified atom stereocenters. The summed E-state index contributed by atoms with van der Waals surface area (Å²) in [6, 6.07) is 12.3. The van der Waals surface area contributed by atoms with Crippen molar-refractivity contribution in [3.8, 4) is 11.1 Å². The smallest absolute Gasteiger partial charge is 0.467 e. The highest BCUT2D eigenvalue weighted by atomic mass is 32.1. The molecule has 26 heavy (non-hydrogen) atoms. The van der Waals surface area contributed by atoms with Crippen molar-refractivity contribution in [1.29, 1.82) is 0 Å². The maximum atomic E-state index is 12.0. The number of carbonyl (C=O) groups is 1. The molecule has 138 valence electrons. The molecule has 1 aromatic carbocycles. The summed E-state index contributed by atoms with van der Waals surface area (Å²) >= 11 is 1.62. The second-order valence-corrected chi connectivity index (χ2v) is 8.56. The Morgan fingerprint density at radius 3 is 2.31 bits per heavy atom. The van der Waals surface area contributed by atoms with Crippen LogP contribution in [-0.2, 0) is 18.8 Å². The molecule has 0 aliphatic carbocycles. The van der Waals surface area contributed by atoms with Crippen LogP contribution in [0.15, 0.2) is 41.8 Å². The molecule has 1 fully saturated rings. The van der Waals surface area contributed by atoms with Gasteiger partial charge in [-0.25, -0.2) is 0 Å². The number of hydrogen-bond acceptors (Lipinski definition) is 5. The first-order valence-electron chi connectivity index (χ1n) is 8.80. The third-order valence-corrected chi connectivity index (χ3v) is 6.37. The van der Waals surface area contributed by atoms with Crippen LogP contribution in [-0.4, -0.2) is 31.4 Å². The average Bonchev–Trinajstić information content (AvgIpc) is 3.16.